The summed E-state index contributed by atoms with van der Waals surface area (Å²) in [6.07, 6.45) is 11.0. The SMILES string of the molecule is O=C(O)CCC(CS(=O)c1ccc(Cl)c(Cl)c1)C(=O)N(C1CCCCC1)C1CCCCC1. The van der Waals surface area contributed by atoms with Crippen molar-refractivity contribution in [3.05, 3.63) is 28.2 Å². The van der Waals surface area contributed by atoms with Crippen molar-refractivity contribution < 1.29 is 18.9 Å². The first-order valence-electron chi connectivity index (χ1n) is 11.7. The summed E-state index contributed by atoms with van der Waals surface area (Å²) >= 11 is 12.1. The second-order valence-electron chi connectivity index (χ2n) is 9.05. The molecule has 0 aliphatic heterocycles. The number of amides is 1. The molecule has 3 rings (SSSR count). The van der Waals surface area contributed by atoms with Gasteiger partial charge in [0.15, 0.2) is 0 Å². The molecule has 178 valence electrons. The van der Waals surface area contributed by atoms with Crippen LogP contribution in [-0.4, -0.2) is 43.9 Å². The van der Waals surface area contributed by atoms with Gasteiger partial charge in [-0.25, -0.2) is 0 Å². The van der Waals surface area contributed by atoms with Crippen molar-refractivity contribution in [2.75, 3.05) is 5.75 Å². The number of carbonyl (C=O) groups excluding carboxylic acids is 1. The van der Waals surface area contributed by atoms with Gasteiger partial charge in [-0.2, -0.15) is 0 Å². The van der Waals surface area contributed by atoms with Gasteiger partial charge in [-0.15, -0.1) is 0 Å². The van der Waals surface area contributed by atoms with Crippen LogP contribution in [0.2, 0.25) is 10.0 Å². The van der Waals surface area contributed by atoms with E-state index < -0.39 is 22.7 Å². The molecule has 1 N–H and O–H groups in total. The third-order valence-electron chi connectivity index (χ3n) is 6.75. The number of hydrogen-bond acceptors (Lipinski definition) is 3. The Kier molecular flexibility index (Phi) is 9.87. The number of hydrogen-bond donors (Lipinski definition) is 1. The maximum Gasteiger partial charge on any atom is 0.303 e. The maximum atomic E-state index is 13.9. The summed E-state index contributed by atoms with van der Waals surface area (Å²) in [7, 11) is -1.48. The average Bonchev–Trinajstić information content (AvgIpc) is 2.79. The normalized spacial score (nSPS) is 19.9. The lowest BCUT2D eigenvalue weighted by atomic mass is 9.87. The van der Waals surface area contributed by atoms with E-state index >= 15 is 0 Å². The Balaban J connectivity index is 1.82. The van der Waals surface area contributed by atoms with Gasteiger partial charge in [-0.3, -0.25) is 13.8 Å². The highest BCUT2D eigenvalue weighted by Gasteiger charge is 2.36. The molecule has 0 bridgehead atoms. The van der Waals surface area contributed by atoms with E-state index in [1.54, 1.807) is 18.2 Å². The van der Waals surface area contributed by atoms with Crippen LogP contribution in [0.5, 0.6) is 0 Å². The molecular weight excluding hydrogens is 469 g/mol. The molecule has 2 fully saturated rings. The summed E-state index contributed by atoms with van der Waals surface area (Å²) in [6.45, 7) is 0. The van der Waals surface area contributed by atoms with Gasteiger partial charge in [0, 0.05) is 29.2 Å². The molecule has 1 aromatic rings. The predicted octanol–water partition coefficient (Wildman–Crippen LogP) is 6.08. The van der Waals surface area contributed by atoms with Gasteiger partial charge in [0.1, 0.15) is 0 Å². The molecule has 1 amide bonds. The Bertz CT molecular complexity index is 804. The molecule has 2 saturated carbocycles. The molecule has 32 heavy (non-hydrogen) atoms. The first-order valence-corrected chi connectivity index (χ1v) is 13.8. The molecule has 0 saturated heterocycles. The lowest BCUT2D eigenvalue weighted by molar-refractivity contribution is -0.142. The van der Waals surface area contributed by atoms with E-state index in [0.717, 1.165) is 51.4 Å². The van der Waals surface area contributed by atoms with Crippen molar-refractivity contribution in [2.24, 2.45) is 5.92 Å². The van der Waals surface area contributed by atoms with E-state index in [9.17, 15) is 18.9 Å². The number of rotatable bonds is 9. The largest absolute Gasteiger partial charge is 0.481 e. The molecule has 2 aliphatic carbocycles. The molecule has 2 unspecified atom stereocenters. The van der Waals surface area contributed by atoms with Crippen LogP contribution < -0.4 is 0 Å². The van der Waals surface area contributed by atoms with Gasteiger partial charge in [0.2, 0.25) is 5.91 Å². The third kappa shape index (κ3) is 6.94. The van der Waals surface area contributed by atoms with E-state index in [0.29, 0.717) is 14.9 Å². The fourth-order valence-electron chi connectivity index (χ4n) is 5.06. The Morgan fingerprint density at radius 2 is 1.53 bits per heavy atom. The zero-order chi connectivity index (χ0) is 23.1. The van der Waals surface area contributed by atoms with E-state index in [2.05, 4.69) is 4.90 Å². The van der Waals surface area contributed by atoms with Crippen LogP contribution in [0, 0.1) is 5.92 Å². The number of aliphatic carboxylic acids is 1. The van der Waals surface area contributed by atoms with Crippen molar-refractivity contribution >= 4 is 45.9 Å². The number of carboxylic acid groups (broad SMARTS) is 1. The molecular formula is C24H33Cl2NO4S. The summed E-state index contributed by atoms with van der Waals surface area (Å²) in [6, 6.07) is 5.25. The first-order chi connectivity index (χ1) is 15.4. The van der Waals surface area contributed by atoms with Crippen LogP contribution >= 0.6 is 23.2 Å². The van der Waals surface area contributed by atoms with Crippen LogP contribution in [0.3, 0.4) is 0 Å². The van der Waals surface area contributed by atoms with Crippen molar-refractivity contribution in [1.82, 2.24) is 4.90 Å². The molecule has 2 atom stereocenters. The number of carbonyl (C=O) groups is 2. The van der Waals surface area contributed by atoms with Gasteiger partial charge >= 0.3 is 5.97 Å². The Hall–Kier alpha value is -1.11. The second kappa shape index (κ2) is 12.4. The zero-order valence-electron chi connectivity index (χ0n) is 18.4. The van der Waals surface area contributed by atoms with E-state index in [-0.39, 0.29) is 36.6 Å². The maximum absolute atomic E-state index is 13.9. The van der Waals surface area contributed by atoms with Gasteiger partial charge in [0.05, 0.1) is 26.8 Å². The molecule has 5 nitrogen and oxygen atoms in total. The Morgan fingerprint density at radius 1 is 0.969 bits per heavy atom. The molecule has 0 heterocycles. The van der Waals surface area contributed by atoms with Crippen LogP contribution in [0.4, 0.5) is 0 Å². The lowest BCUT2D eigenvalue weighted by Crippen LogP contribution is -2.51. The number of nitrogens with zero attached hydrogens (tertiary/aromatic N) is 1. The van der Waals surface area contributed by atoms with Crippen LogP contribution in [0.15, 0.2) is 23.1 Å². The highest BCUT2D eigenvalue weighted by atomic mass is 35.5. The van der Waals surface area contributed by atoms with Crippen LogP contribution in [-0.2, 0) is 20.4 Å². The van der Waals surface area contributed by atoms with Crippen molar-refractivity contribution in [1.29, 1.82) is 0 Å². The monoisotopic (exact) mass is 501 g/mol. The van der Waals surface area contributed by atoms with Gasteiger partial charge in [-0.05, 0) is 50.3 Å². The summed E-state index contributed by atoms with van der Waals surface area (Å²) in [4.78, 5) is 27.8. The van der Waals surface area contributed by atoms with Crippen molar-refractivity contribution in [3.63, 3.8) is 0 Å². The standard InChI is InChI=1S/C24H33Cl2NO4S/c25-21-13-12-20(15-22(21)26)32(31)16-17(11-14-23(28)29)24(30)27(18-7-3-1-4-8-18)19-9-5-2-6-10-19/h12-13,15,17-19H,1-11,14,16H2,(H,28,29). The topological polar surface area (TPSA) is 74.7 Å². The van der Waals surface area contributed by atoms with Crippen molar-refractivity contribution in [3.8, 4) is 0 Å². The zero-order valence-corrected chi connectivity index (χ0v) is 20.8. The number of benzene rings is 1. The Morgan fingerprint density at radius 3 is 2.03 bits per heavy atom. The predicted molar refractivity (Wildman–Crippen MR) is 129 cm³/mol. The summed E-state index contributed by atoms with van der Waals surface area (Å²) < 4.78 is 13.1. The van der Waals surface area contributed by atoms with Crippen molar-refractivity contribution in [2.45, 2.75) is 94.0 Å². The molecule has 0 radical (unpaired) electrons. The minimum absolute atomic E-state index is 0.0153. The fraction of sp³-hybridized carbons (Fsp3) is 0.667. The second-order valence-corrected chi connectivity index (χ2v) is 11.4. The average molecular weight is 503 g/mol. The number of carboxylic acids is 1. The minimum atomic E-state index is -1.48. The fourth-order valence-corrected chi connectivity index (χ4v) is 6.76. The Labute approximate surface area is 203 Å². The summed E-state index contributed by atoms with van der Waals surface area (Å²) in [5.41, 5.74) is 0. The quantitative estimate of drug-likeness (QED) is 0.444. The van der Waals surface area contributed by atoms with Gasteiger partial charge in [-0.1, -0.05) is 61.7 Å². The number of halogens is 2. The summed E-state index contributed by atoms with van der Waals surface area (Å²) in [5.74, 6) is -1.45. The molecule has 2 aliphatic rings. The molecule has 1 aromatic carbocycles. The first kappa shape index (κ1) is 25.5. The van der Waals surface area contributed by atoms with E-state index in [4.69, 9.17) is 23.2 Å². The van der Waals surface area contributed by atoms with Crippen LogP contribution in [0.1, 0.15) is 77.0 Å². The molecule has 0 aromatic heterocycles. The molecule has 8 heteroatoms. The summed E-state index contributed by atoms with van der Waals surface area (Å²) in [5, 5.41) is 9.96. The van der Waals surface area contributed by atoms with Gasteiger partial charge in [0.25, 0.3) is 0 Å². The highest BCUT2D eigenvalue weighted by Crippen LogP contribution is 2.33. The van der Waals surface area contributed by atoms with Gasteiger partial charge < -0.3 is 10.0 Å². The van der Waals surface area contributed by atoms with Crippen LogP contribution in [0.25, 0.3) is 0 Å². The smallest absolute Gasteiger partial charge is 0.303 e. The van der Waals surface area contributed by atoms with E-state index in [1.807, 2.05) is 0 Å². The molecule has 0 spiro atoms. The minimum Gasteiger partial charge on any atom is -0.481 e. The van der Waals surface area contributed by atoms with E-state index in [1.165, 1.54) is 12.8 Å². The highest BCUT2D eigenvalue weighted by molar-refractivity contribution is 7.85. The lowest BCUT2D eigenvalue weighted by Gasteiger charge is -2.43. The third-order valence-corrected chi connectivity index (χ3v) is 8.98.